The molecule has 0 unspecified atom stereocenters. The summed E-state index contributed by atoms with van der Waals surface area (Å²) in [5.74, 6) is 1.07. The molecule has 98 valence electrons. The molecular weight excluding hydrogens is 248 g/mol. The quantitative estimate of drug-likeness (QED) is 0.879. The van der Waals surface area contributed by atoms with Gasteiger partial charge in [-0.2, -0.15) is 0 Å². The van der Waals surface area contributed by atoms with Crippen LogP contribution in [0.15, 0.2) is 18.2 Å². The van der Waals surface area contributed by atoms with E-state index < -0.39 is 5.91 Å². The molecule has 1 aromatic carbocycles. The maximum Gasteiger partial charge on any atom is 0.250 e. The lowest BCUT2D eigenvalue weighted by Gasteiger charge is -2.39. The van der Waals surface area contributed by atoms with E-state index >= 15 is 0 Å². The zero-order valence-electron chi connectivity index (χ0n) is 10.7. The highest BCUT2D eigenvalue weighted by Crippen LogP contribution is 2.35. The van der Waals surface area contributed by atoms with Crippen molar-refractivity contribution in [3.63, 3.8) is 0 Å². The Kier molecular flexibility index (Phi) is 3.81. The average molecular weight is 267 g/mol. The maximum atomic E-state index is 11.2. The predicted molar refractivity (Wildman–Crippen MR) is 74.9 cm³/mol. The molecular formula is C14H19ClN2O. The number of nitrogens with two attached hydrogens (primary N) is 1. The molecule has 0 bridgehead atoms. The summed E-state index contributed by atoms with van der Waals surface area (Å²) >= 11 is 5.91. The second-order valence-corrected chi connectivity index (χ2v) is 5.78. The fourth-order valence-electron chi connectivity index (χ4n) is 2.36. The first-order chi connectivity index (χ1) is 8.47. The van der Waals surface area contributed by atoms with Crippen molar-refractivity contribution in [2.24, 2.45) is 17.6 Å². The third-order valence-corrected chi connectivity index (χ3v) is 4.05. The van der Waals surface area contributed by atoms with Gasteiger partial charge in [-0.1, -0.05) is 25.4 Å². The van der Waals surface area contributed by atoms with Gasteiger partial charge in [0.2, 0.25) is 5.91 Å². The van der Waals surface area contributed by atoms with Crippen LogP contribution in [0.1, 0.15) is 37.0 Å². The largest absolute Gasteiger partial charge is 0.382 e. The highest BCUT2D eigenvalue weighted by atomic mass is 35.5. The molecule has 1 aromatic rings. The minimum Gasteiger partial charge on any atom is -0.382 e. The first-order valence-electron chi connectivity index (χ1n) is 6.33. The van der Waals surface area contributed by atoms with Crippen molar-refractivity contribution in [1.29, 1.82) is 0 Å². The number of hydrogen-bond donors (Lipinski definition) is 2. The van der Waals surface area contributed by atoms with E-state index in [9.17, 15) is 4.79 Å². The van der Waals surface area contributed by atoms with E-state index in [-0.39, 0.29) is 0 Å². The Morgan fingerprint density at radius 2 is 2.11 bits per heavy atom. The number of carbonyl (C=O) groups is 1. The average Bonchev–Trinajstić information content (AvgIpc) is 2.23. The van der Waals surface area contributed by atoms with Gasteiger partial charge in [0.25, 0.3) is 0 Å². The lowest BCUT2D eigenvalue weighted by atomic mass is 9.73. The van der Waals surface area contributed by atoms with Crippen LogP contribution in [0.3, 0.4) is 0 Å². The molecule has 0 aliphatic heterocycles. The van der Waals surface area contributed by atoms with Gasteiger partial charge < -0.3 is 11.1 Å². The molecule has 0 spiro atoms. The number of rotatable bonds is 4. The standard InChI is InChI=1S/C14H19ClN2O/c1-8(2)9-5-11(6-9)17-10-3-4-13(15)12(7-10)14(16)18/h3-4,7-9,11,17H,5-6H2,1-2H3,(H2,16,18). The summed E-state index contributed by atoms with van der Waals surface area (Å²) < 4.78 is 0. The number of hydrogen-bond acceptors (Lipinski definition) is 2. The van der Waals surface area contributed by atoms with Gasteiger partial charge in [0.1, 0.15) is 0 Å². The molecule has 2 rings (SSSR count). The highest BCUT2D eigenvalue weighted by Gasteiger charge is 2.30. The number of amides is 1. The van der Waals surface area contributed by atoms with E-state index in [2.05, 4.69) is 19.2 Å². The summed E-state index contributed by atoms with van der Waals surface area (Å²) in [6, 6.07) is 5.83. The van der Waals surface area contributed by atoms with E-state index in [1.807, 2.05) is 6.07 Å². The van der Waals surface area contributed by atoms with E-state index in [0.717, 1.165) is 17.5 Å². The van der Waals surface area contributed by atoms with Crippen molar-refractivity contribution in [3.8, 4) is 0 Å². The van der Waals surface area contributed by atoms with Crippen molar-refractivity contribution < 1.29 is 4.79 Å². The summed E-state index contributed by atoms with van der Waals surface area (Å²) in [4.78, 5) is 11.2. The summed E-state index contributed by atoms with van der Waals surface area (Å²) in [7, 11) is 0. The third-order valence-electron chi connectivity index (χ3n) is 3.72. The first kappa shape index (κ1) is 13.2. The Hall–Kier alpha value is -1.22. The smallest absolute Gasteiger partial charge is 0.250 e. The van der Waals surface area contributed by atoms with E-state index in [0.29, 0.717) is 16.6 Å². The number of primary amides is 1. The van der Waals surface area contributed by atoms with Gasteiger partial charge in [-0.05, 0) is 42.9 Å². The van der Waals surface area contributed by atoms with Crippen LogP contribution in [-0.4, -0.2) is 11.9 Å². The zero-order chi connectivity index (χ0) is 13.3. The number of carbonyl (C=O) groups excluding carboxylic acids is 1. The van der Waals surface area contributed by atoms with Crippen LogP contribution in [-0.2, 0) is 0 Å². The van der Waals surface area contributed by atoms with Crippen molar-refractivity contribution in [3.05, 3.63) is 28.8 Å². The molecule has 3 nitrogen and oxygen atoms in total. The second kappa shape index (κ2) is 5.19. The molecule has 3 N–H and O–H groups in total. The molecule has 0 atom stereocenters. The molecule has 0 radical (unpaired) electrons. The van der Waals surface area contributed by atoms with Crippen LogP contribution in [0.2, 0.25) is 5.02 Å². The van der Waals surface area contributed by atoms with Crippen LogP contribution in [0, 0.1) is 11.8 Å². The lowest BCUT2D eigenvalue weighted by molar-refractivity contribution is 0.100. The Labute approximate surface area is 113 Å². The second-order valence-electron chi connectivity index (χ2n) is 5.38. The summed E-state index contributed by atoms with van der Waals surface area (Å²) in [6.45, 7) is 4.52. The molecule has 0 heterocycles. The van der Waals surface area contributed by atoms with Crippen molar-refractivity contribution >= 4 is 23.2 Å². The van der Waals surface area contributed by atoms with Crippen LogP contribution < -0.4 is 11.1 Å². The fraction of sp³-hybridized carbons (Fsp3) is 0.500. The van der Waals surface area contributed by atoms with Crippen molar-refractivity contribution in [1.82, 2.24) is 0 Å². The van der Waals surface area contributed by atoms with Crippen LogP contribution in [0.25, 0.3) is 0 Å². The number of benzene rings is 1. The maximum absolute atomic E-state index is 11.2. The first-order valence-corrected chi connectivity index (χ1v) is 6.71. The van der Waals surface area contributed by atoms with Crippen LogP contribution in [0.4, 0.5) is 5.69 Å². The molecule has 1 saturated carbocycles. The molecule has 1 aliphatic rings. The lowest BCUT2D eigenvalue weighted by Crippen LogP contribution is -2.37. The number of halogens is 1. The fourth-order valence-corrected chi connectivity index (χ4v) is 2.57. The van der Waals surface area contributed by atoms with Gasteiger partial charge in [-0.3, -0.25) is 4.79 Å². The molecule has 0 aromatic heterocycles. The normalized spacial score (nSPS) is 22.7. The number of nitrogens with one attached hydrogen (secondary N) is 1. The summed E-state index contributed by atoms with van der Waals surface area (Å²) in [5.41, 5.74) is 6.56. The van der Waals surface area contributed by atoms with Gasteiger partial charge >= 0.3 is 0 Å². The van der Waals surface area contributed by atoms with Gasteiger partial charge in [-0.25, -0.2) is 0 Å². The summed E-state index contributed by atoms with van der Waals surface area (Å²) in [5, 5.41) is 3.82. The molecule has 4 heteroatoms. The molecule has 1 fully saturated rings. The minimum atomic E-state index is -0.489. The Morgan fingerprint density at radius 3 is 2.67 bits per heavy atom. The van der Waals surface area contributed by atoms with Crippen molar-refractivity contribution in [2.45, 2.75) is 32.7 Å². The van der Waals surface area contributed by atoms with Crippen molar-refractivity contribution in [2.75, 3.05) is 5.32 Å². The van der Waals surface area contributed by atoms with Gasteiger partial charge in [0.15, 0.2) is 0 Å². The highest BCUT2D eigenvalue weighted by molar-refractivity contribution is 6.33. The molecule has 0 saturated heterocycles. The number of anilines is 1. The van der Waals surface area contributed by atoms with Crippen LogP contribution in [0.5, 0.6) is 0 Å². The predicted octanol–water partition coefficient (Wildman–Crippen LogP) is 3.29. The molecule has 18 heavy (non-hydrogen) atoms. The topological polar surface area (TPSA) is 55.1 Å². The summed E-state index contributed by atoms with van der Waals surface area (Å²) in [6.07, 6.45) is 2.37. The Bertz CT molecular complexity index is 453. The SMILES string of the molecule is CC(C)C1CC(Nc2ccc(Cl)c(C(N)=O)c2)C1. The third kappa shape index (κ3) is 2.78. The molecule has 1 amide bonds. The molecule has 1 aliphatic carbocycles. The van der Waals surface area contributed by atoms with Crippen LogP contribution >= 0.6 is 11.6 Å². The monoisotopic (exact) mass is 266 g/mol. The van der Waals surface area contributed by atoms with Gasteiger partial charge in [0.05, 0.1) is 10.6 Å². The van der Waals surface area contributed by atoms with E-state index in [1.165, 1.54) is 12.8 Å². The van der Waals surface area contributed by atoms with Gasteiger partial charge in [0, 0.05) is 11.7 Å². The zero-order valence-corrected chi connectivity index (χ0v) is 11.5. The van der Waals surface area contributed by atoms with E-state index in [4.69, 9.17) is 17.3 Å². The Balaban J connectivity index is 1.99. The van der Waals surface area contributed by atoms with Gasteiger partial charge in [-0.15, -0.1) is 0 Å². The Morgan fingerprint density at radius 1 is 1.44 bits per heavy atom. The minimum absolute atomic E-state index is 0.376. The van der Waals surface area contributed by atoms with E-state index in [1.54, 1.807) is 12.1 Å².